The zero-order chi connectivity index (χ0) is 17.4. The highest BCUT2D eigenvalue weighted by Gasteiger charge is 2.11. The fourth-order valence-electron chi connectivity index (χ4n) is 2.37. The molecule has 0 unspecified atom stereocenters. The van der Waals surface area contributed by atoms with Gasteiger partial charge < -0.3 is 19.5 Å². The fraction of sp³-hybridized carbons (Fsp3) is 0.316. The molecule has 2 rings (SSSR count). The van der Waals surface area contributed by atoms with Crippen LogP contribution < -0.4 is 14.8 Å². The van der Waals surface area contributed by atoms with E-state index >= 15 is 0 Å². The highest BCUT2D eigenvalue weighted by molar-refractivity contribution is 5.94. The molecule has 0 saturated heterocycles. The van der Waals surface area contributed by atoms with Gasteiger partial charge in [-0.1, -0.05) is 18.2 Å². The SMILES string of the molecule is CCOCc1cc(C(=O)NCc2ccccc2OC)ccc1OC. The van der Waals surface area contributed by atoms with Crippen molar-refractivity contribution in [3.8, 4) is 11.5 Å². The van der Waals surface area contributed by atoms with Crippen LogP contribution >= 0.6 is 0 Å². The molecule has 0 aliphatic carbocycles. The molecular weight excluding hydrogens is 306 g/mol. The van der Waals surface area contributed by atoms with Gasteiger partial charge in [0.05, 0.1) is 20.8 Å². The third kappa shape index (κ3) is 4.49. The van der Waals surface area contributed by atoms with Gasteiger partial charge in [-0.2, -0.15) is 0 Å². The molecule has 0 atom stereocenters. The van der Waals surface area contributed by atoms with E-state index in [0.29, 0.717) is 31.1 Å². The summed E-state index contributed by atoms with van der Waals surface area (Å²) in [5.74, 6) is 1.32. The molecule has 0 aromatic heterocycles. The third-order valence-electron chi connectivity index (χ3n) is 3.64. The molecule has 0 heterocycles. The predicted octanol–water partition coefficient (Wildman–Crippen LogP) is 3.17. The molecule has 0 spiro atoms. The van der Waals surface area contributed by atoms with Crippen molar-refractivity contribution in [2.75, 3.05) is 20.8 Å². The summed E-state index contributed by atoms with van der Waals surface area (Å²) in [6.45, 7) is 3.34. The standard InChI is InChI=1S/C19H23NO4/c1-4-24-13-16-11-14(9-10-18(16)23-3)19(21)20-12-15-7-5-6-8-17(15)22-2/h5-11H,4,12-13H2,1-3H3,(H,20,21). The van der Waals surface area contributed by atoms with Gasteiger partial charge in [-0.05, 0) is 31.2 Å². The molecule has 0 fully saturated rings. The second-order valence-corrected chi connectivity index (χ2v) is 5.16. The number of rotatable bonds is 8. The van der Waals surface area contributed by atoms with Crippen LogP contribution in [0.2, 0.25) is 0 Å². The number of carbonyl (C=O) groups is 1. The molecule has 0 radical (unpaired) electrons. The van der Waals surface area contributed by atoms with E-state index in [0.717, 1.165) is 16.9 Å². The topological polar surface area (TPSA) is 56.8 Å². The number of carbonyl (C=O) groups excluding carboxylic acids is 1. The highest BCUT2D eigenvalue weighted by atomic mass is 16.5. The summed E-state index contributed by atoms with van der Waals surface area (Å²) in [5.41, 5.74) is 2.35. The van der Waals surface area contributed by atoms with Gasteiger partial charge >= 0.3 is 0 Å². The van der Waals surface area contributed by atoms with Crippen LogP contribution in [0, 0.1) is 0 Å². The third-order valence-corrected chi connectivity index (χ3v) is 3.64. The molecule has 2 aromatic rings. The Labute approximate surface area is 142 Å². The van der Waals surface area contributed by atoms with Gasteiger partial charge in [-0.3, -0.25) is 4.79 Å². The summed E-state index contributed by atoms with van der Waals surface area (Å²) in [6, 6.07) is 12.9. The number of hydrogen-bond donors (Lipinski definition) is 1. The zero-order valence-electron chi connectivity index (χ0n) is 14.3. The maximum Gasteiger partial charge on any atom is 0.251 e. The summed E-state index contributed by atoms with van der Waals surface area (Å²) < 4.78 is 16.0. The van der Waals surface area contributed by atoms with Crippen molar-refractivity contribution < 1.29 is 19.0 Å². The smallest absolute Gasteiger partial charge is 0.251 e. The first-order valence-corrected chi connectivity index (χ1v) is 7.84. The van der Waals surface area contributed by atoms with Gasteiger partial charge in [-0.15, -0.1) is 0 Å². The van der Waals surface area contributed by atoms with E-state index in [1.54, 1.807) is 32.4 Å². The Hall–Kier alpha value is -2.53. The van der Waals surface area contributed by atoms with Crippen molar-refractivity contribution in [3.05, 3.63) is 59.2 Å². The minimum absolute atomic E-state index is 0.152. The quantitative estimate of drug-likeness (QED) is 0.808. The Morgan fingerprint density at radius 1 is 1.00 bits per heavy atom. The van der Waals surface area contributed by atoms with Crippen molar-refractivity contribution in [2.45, 2.75) is 20.1 Å². The second-order valence-electron chi connectivity index (χ2n) is 5.16. The average Bonchev–Trinajstić information content (AvgIpc) is 2.64. The van der Waals surface area contributed by atoms with Crippen molar-refractivity contribution in [3.63, 3.8) is 0 Å². The normalized spacial score (nSPS) is 10.3. The molecule has 1 N–H and O–H groups in total. The maximum absolute atomic E-state index is 12.4. The van der Waals surface area contributed by atoms with E-state index < -0.39 is 0 Å². The van der Waals surface area contributed by atoms with Crippen LogP contribution in [-0.2, 0) is 17.9 Å². The zero-order valence-corrected chi connectivity index (χ0v) is 14.3. The lowest BCUT2D eigenvalue weighted by Gasteiger charge is -2.12. The van der Waals surface area contributed by atoms with Gasteiger partial charge in [-0.25, -0.2) is 0 Å². The lowest BCUT2D eigenvalue weighted by Crippen LogP contribution is -2.23. The number of para-hydroxylation sites is 1. The summed E-state index contributed by atoms with van der Waals surface area (Å²) >= 11 is 0. The number of nitrogens with one attached hydrogen (secondary N) is 1. The van der Waals surface area contributed by atoms with Gasteiger partial charge in [0.25, 0.3) is 5.91 Å². The Morgan fingerprint density at radius 2 is 1.71 bits per heavy atom. The average molecular weight is 329 g/mol. The van der Waals surface area contributed by atoms with Gasteiger partial charge in [0, 0.05) is 29.8 Å². The van der Waals surface area contributed by atoms with Crippen LogP contribution in [0.25, 0.3) is 0 Å². The predicted molar refractivity (Wildman–Crippen MR) is 92.5 cm³/mol. The molecule has 0 saturated carbocycles. The van der Waals surface area contributed by atoms with Crippen molar-refractivity contribution in [1.29, 1.82) is 0 Å². The van der Waals surface area contributed by atoms with Crippen molar-refractivity contribution >= 4 is 5.91 Å². The lowest BCUT2D eigenvalue weighted by molar-refractivity contribution is 0.0950. The number of ether oxygens (including phenoxy) is 3. The molecule has 0 bridgehead atoms. The summed E-state index contributed by atoms with van der Waals surface area (Å²) in [4.78, 5) is 12.4. The minimum atomic E-state index is -0.152. The maximum atomic E-state index is 12.4. The first-order valence-electron chi connectivity index (χ1n) is 7.84. The highest BCUT2D eigenvalue weighted by Crippen LogP contribution is 2.21. The summed E-state index contributed by atoms with van der Waals surface area (Å²) in [5, 5.41) is 2.91. The van der Waals surface area contributed by atoms with Crippen molar-refractivity contribution in [2.24, 2.45) is 0 Å². The fourth-order valence-corrected chi connectivity index (χ4v) is 2.37. The van der Waals surface area contributed by atoms with Crippen LogP contribution in [-0.4, -0.2) is 26.7 Å². The van der Waals surface area contributed by atoms with E-state index in [1.165, 1.54) is 0 Å². The number of methoxy groups -OCH3 is 2. The molecule has 24 heavy (non-hydrogen) atoms. The van der Waals surface area contributed by atoms with E-state index in [9.17, 15) is 4.79 Å². The van der Waals surface area contributed by atoms with Gasteiger partial charge in [0.15, 0.2) is 0 Å². The monoisotopic (exact) mass is 329 g/mol. The van der Waals surface area contributed by atoms with E-state index in [-0.39, 0.29) is 5.91 Å². The van der Waals surface area contributed by atoms with Crippen LogP contribution in [0.3, 0.4) is 0 Å². The molecule has 5 nitrogen and oxygen atoms in total. The Bertz CT molecular complexity index is 685. The van der Waals surface area contributed by atoms with E-state index in [2.05, 4.69) is 5.32 Å². The molecule has 5 heteroatoms. The number of amides is 1. The van der Waals surface area contributed by atoms with E-state index in [4.69, 9.17) is 14.2 Å². The Morgan fingerprint density at radius 3 is 2.42 bits per heavy atom. The first-order chi connectivity index (χ1) is 11.7. The number of hydrogen-bond acceptors (Lipinski definition) is 4. The largest absolute Gasteiger partial charge is 0.496 e. The molecular formula is C19H23NO4. The van der Waals surface area contributed by atoms with Crippen LogP contribution in [0.4, 0.5) is 0 Å². The van der Waals surface area contributed by atoms with Gasteiger partial charge in [0.2, 0.25) is 0 Å². The van der Waals surface area contributed by atoms with Crippen molar-refractivity contribution in [1.82, 2.24) is 5.32 Å². The molecule has 128 valence electrons. The molecule has 2 aromatic carbocycles. The summed E-state index contributed by atoms with van der Waals surface area (Å²) in [6.07, 6.45) is 0. The van der Waals surface area contributed by atoms with Crippen LogP contribution in [0.5, 0.6) is 11.5 Å². The Balaban J connectivity index is 2.09. The molecule has 0 aliphatic rings. The minimum Gasteiger partial charge on any atom is -0.496 e. The first kappa shape index (κ1) is 17.8. The summed E-state index contributed by atoms with van der Waals surface area (Å²) in [7, 11) is 3.22. The number of benzene rings is 2. The van der Waals surface area contributed by atoms with Crippen LogP contribution in [0.1, 0.15) is 28.4 Å². The lowest BCUT2D eigenvalue weighted by atomic mass is 10.1. The molecule has 1 amide bonds. The molecule has 0 aliphatic heterocycles. The van der Waals surface area contributed by atoms with Gasteiger partial charge in [0.1, 0.15) is 11.5 Å². The van der Waals surface area contributed by atoms with E-state index in [1.807, 2.05) is 31.2 Å². The second kappa shape index (κ2) is 8.93. The van der Waals surface area contributed by atoms with Crippen LogP contribution in [0.15, 0.2) is 42.5 Å². The Kier molecular flexibility index (Phi) is 6.63.